The van der Waals surface area contributed by atoms with E-state index in [-0.39, 0.29) is 24.7 Å². The highest BCUT2D eigenvalue weighted by molar-refractivity contribution is 5.71. The van der Waals surface area contributed by atoms with E-state index in [1.807, 2.05) is 13.8 Å². The van der Waals surface area contributed by atoms with Gasteiger partial charge < -0.3 is 0 Å². The number of hydrogen-bond donors (Lipinski definition) is 0. The number of hydrogen-bond acceptors (Lipinski definition) is 2. The molecule has 0 N–H and O–H groups in total. The van der Waals surface area contributed by atoms with Crippen molar-refractivity contribution in [2.24, 2.45) is 0 Å². The normalized spacial score (nSPS) is 12.5. The van der Waals surface area contributed by atoms with Crippen molar-refractivity contribution in [2.45, 2.75) is 45.5 Å². The van der Waals surface area contributed by atoms with Crippen molar-refractivity contribution in [3.8, 4) is 0 Å². The molecule has 0 saturated heterocycles. The van der Waals surface area contributed by atoms with Crippen molar-refractivity contribution in [3.05, 3.63) is 28.8 Å². The van der Waals surface area contributed by atoms with Gasteiger partial charge in [0.2, 0.25) is 0 Å². The molecule has 0 fully saturated rings. The van der Waals surface area contributed by atoms with Crippen LogP contribution in [0, 0.1) is 0 Å². The molecule has 0 saturated carbocycles. The third-order valence-electron chi connectivity index (χ3n) is 3.08. The minimum atomic E-state index is -4.20. The Kier molecular flexibility index (Phi) is 3.87. The molecule has 20 heavy (non-hydrogen) atoms. The molecule has 0 aromatic carbocycles. The van der Waals surface area contributed by atoms with E-state index < -0.39 is 12.6 Å². The summed E-state index contributed by atoms with van der Waals surface area (Å²) in [6, 6.07) is 3.28. The van der Waals surface area contributed by atoms with Gasteiger partial charge in [0, 0.05) is 25.2 Å². The van der Waals surface area contributed by atoms with Crippen LogP contribution in [0.4, 0.5) is 13.2 Å². The molecule has 110 valence electrons. The largest absolute Gasteiger partial charge is 0.389 e. The number of alkyl halides is 3. The van der Waals surface area contributed by atoms with Crippen LogP contribution < -0.4 is 5.69 Å². The Hall–Kier alpha value is -1.79. The molecule has 0 aliphatic carbocycles. The third kappa shape index (κ3) is 2.86. The second-order valence-corrected chi connectivity index (χ2v) is 4.96. The number of rotatable bonds is 4. The van der Waals surface area contributed by atoms with E-state index in [2.05, 4.69) is 4.98 Å². The van der Waals surface area contributed by atoms with Gasteiger partial charge in [-0.1, -0.05) is 0 Å². The van der Waals surface area contributed by atoms with Gasteiger partial charge in [-0.3, -0.25) is 9.13 Å². The Morgan fingerprint density at radius 3 is 2.65 bits per heavy atom. The van der Waals surface area contributed by atoms with Gasteiger partial charge in [-0.2, -0.15) is 13.2 Å². The molecule has 2 rings (SSSR count). The SMILES string of the molecule is CC(C)n1c(=O)n(CCCC(F)(F)F)c2cccnc21. The molecule has 0 radical (unpaired) electrons. The van der Waals surface area contributed by atoms with Gasteiger partial charge in [-0.05, 0) is 32.4 Å². The van der Waals surface area contributed by atoms with E-state index in [9.17, 15) is 18.0 Å². The lowest BCUT2D eigenvalue weighted by atomic mass is 10.3. The van der Waals surface area contributed by atoms with E-state index in [1.165, 1.54) is 9.13 Å². The average Bonchev–Trinajstić information content (AvgIpc) is 2.61. The summed E-state index contributed by atoms with van der Waals surface area (Å²) < 4.78 is 39.5. The summed E-state index contributed by atoms with van der Waals surface area (Å²) >= 11 is 0. The lowest BCUT2D eigenvalue weighted by molar-refractivity contribution is -0.135. The van der Waals surface area contributed by atoms with E-state index in [4.69, 9.17) is 0 Å². The van der Waals surface area contributed by atoms with Gasteiger partial charge in [0.15, 0.2) is 5.65 Å². The van der Waals surface area contributed by atoms with Crippen LogP contribution in [0.25, 0.3) is 11.2 Å². The molecule has 2 aromatic rings. The average molecular weight is 287 g/mol. The first-order valence-electron chi connectivity index (χ1n) is 6.44. The van der Waals surface area contributed by atoms with Crippen molar-refractivity contribution in [1.29, 1.82) is 0 Å². The van der Waals surface area contributed by atoms with E-state index in [0.717, 1.165) is 0 Å². The van der Waals surface area contributed by atoms with E-state index in [0.29, 0.717) is 11.2 Å². The summed E-state index contributed by atoms with van der Waals surface area (Å²) in [5, 5.41) is 0. The number of aryl methyl sites for hydroxylation is 1. The van der Waals surface area contributed by atoms with Crippen LogP contribution in [0.2, 0.25) is 0 Å². The summed E-state index contributed by atoms with van der Waals surface area (Å²) in [5.41, 5.74) is 0.781. The van der Waals surface area contributed by atoms with Crippen molar-refractivity contribution in [1.82, 2.24) is 14.1 Å². The number of pyridine rings is 1. The lowest BCUT2D eigenvalue weighted by Gasteiger charge is -2.07. The molecule has 0 amide bonds. The summed E-state index contributed by atoms with van der Waals surface area (Å²) in [5.74, 6) is 0. The van der Waals surface area contributed by atoms with Crippen molar-refractivity contribution in [2.75, 3.05) is 0 Å². The van der Waals surface area contributed by atoms with Crippen LogP contribution in [0.5, 0.6) is 0 Å². The predicted octanol–water partition coefficient (Wildman–Crippen LogP) is 3.12. The molecular weight excluding hydrogens is 271 g/mol. The van der Waals surface area contributed by atoms with Crippen LogP contribution in [0.3, 0.4) is 0 Å². The summed E-state index contributed by atoms with van der Waals surface area (Å²) in [4.78, 5) is 16.5. The highest BCUT2D eigenvalue weighted by Crippen LogP contribution is 2.22. The molecule has 7 heteroatoms. The van der Waals surface area contributed by atoms with Crippen LogP contribution in [-0.2, 0) is 6.54 Å². The zero-order valence-electron chi connectivity index (χ0n) is 11.3. The zero-order valence-corrected chi connectivity index (χ0v) is 11.3. The molecule has 0 unspecified atom stereocenters. The number of imidazole rings is 1. The van der Waals surface area contributed by atoms with Crippen LogP contribution in [0.15, 0.2) is 23.1 Å². The van der Waals surface area contributed by atoms with Crippen LogP contribution >= 0.6 is 0 Å². The number of aromatic nitrogens is 3. The molecule has 0 spiro atoms. The first kappa shape index (κ1) is 14.6. The molecule has 0 atom stereocenters. The molecule has 4 nitrogen and oxygen atoms in total. The minimum Gasteiger partial charge on any atom is -0.290 e. The summed E-state index contributed by atoms with van der Waals surface area (Å²) in [6.45, 7) is 3.73. The first-order valence-corrected chi connectivity index (χ1v) is 6.44. The Labute approximate surface area is 113 Å². The summed E-state index contributed by atoms with van der Waals surface area (Å²) in [7, 11) is 0. The molecular formula is C13H16F3N3O. The maximum atomic E-state index is 12.3. The van der Waals surface area contributed by atoms with Crippen LogP contribution in [-0.4, -0.2) is 20.3 Å². The second-order valence-electron chi connectivity index (χ2n) is 4.96. The topological polar surface area (TPSA) is 39.8 Å². The molecule has 2 heterocycles. The smallest absolute Gasteiger partial charge is 0.290 e. The Balaban J connectivity index is 2.38. The molecule has 0 aliphatic heterocycles. The zero-order chi connectivity index (χ0) is 14.9. The van der Waals surface area contributed by atoms with Gasteiger partial charge >= 0.3 is 11.9 Å². The molecule has 0 bridgehead atoms. The number of nitrogens with zero attached hydrogens (tertiary/aromatic N) is 3. The highest BCUT2D eigenvalue weighted by Gasteiger charge is 2.26. The highest BCUT2D eigenvalue weighted by atomic mass is 19.4. The van der Waals surface area contributed by atoms with E-state index >= 15 is 0 Å². The number of fused-ring (bicyclic) bond motifs is 1. The maximum Gasteiger partial charge on any atom is 0.389 e. The van der Waals surface area contributed by atoms with Crippen molar-refractivity contribution < 1.29 is 13.2 Å². The monoisotopic (exact) mass is 287 g/mol. The van der Waals surface area contributed by atoms with Crippen molar-refractivity contribution >= 4 is 11.2 Å². The Bertz CT molecular complexity index is 655. The van der Waals surface area contributed by atoms with Crippen LogP contribution in [0.1, 0.15) is 32.7 Å². The van der Waals surface area contributed by atoms with Gasteiger partial charge in [0.25, 0.3) is 0 Å². The second kappa shape index (κ2) is 5.30. The van der Waals surface area contributed by atoms with Gasteiger partial charge in [0.1, 0.15) is 0 Å². The fraction of sp³-hybridized carbons (Fsp3) is 0.538. The maximum absolute atomic E-state index is 12.3. The summed E-state index contributed by atoms with van der Waals surface area (Å²) in [6.07, 6.45) is -3.64. The molecule has 0 aliphatic rings. The fourth-order valence-corrected chi connectivity index (χ4v) is 2.23. The standard InChI is InChI=1S/C13H16F3N3O/c1-9(2)19-11-10(5-3-7-17-11)18(12(19)20)8-4-6-13(14,15)16/h3,5,7,9H,4,6,8H2,1-2H3. The van der Waals surface area contributed by atoms with Gasteiger partial charge in [-0.25, -0.2) is 9.78 Å². The Morgan fingerprint density at radius 1 is 1.35 bits per heavy atom. The van der Waals surface area contributed by atoms with Gasteiger partial charge in [0.05, 0.1) is 5.52 Å². The lowest BCUT2D eigenvalue weighted by Crippen LogP contribution is -2.26. The van der Waals surface area contributed by atoms with Crippen molar-refractivity contribution in [3.63, 3.8) is 0 Å². The Morgan fingerprint density at radius 2 is 2.05 bits per heavy atom. The van der Waals surface area contributed by atoms with Gasteiger partial charge in [-0.15, -0.1) is 0 Å². The third-order valence-corrected chi connectivity index (χ3v) is 3.08. The predicted molar refractivity (Wildman–Crippen MR) is 69.7 cm³/mol. The number of halogens is 3. The molecule has 2 aromatic heterocycles. The minimum absolute atomic E-state index is 0.0419. The van der Waals surface area contributed by atoms with E-state index in [1.54, 1.807) is 18.3 Å². The quantitative estimate of drug-likeness (QED) is 0.866. The fourth-order valence-electron chi connectivity index (χ4n) is 2.23. The first-order chi connectivity index (χ1) is 9.31.